The Morgan fingerprint density at radius 2 is 2.17 bits per heavy atom. The third-order valence-corrected chi connectivity index (χ3v) is 2.35. The van der Waals surface area contributed by atoms with Crippen molar-refractivity contribution in [3.8, 4) is 17.0 Å². The molecule has 6 heteroatoms. The Morgan fingerprint density at radius 1 is 1.33 bits per heavy atom. The molecule has 6 nitrogen and oxygen atoms in total. The first kappa shape index (κ1) is 12.0. The van der Waals surface area contributed by atoms with E-state index in [0.29, 0.717) is 17.1 Å². The minimum Gasteiger partial charge on any atom is -0.495 e. The van der Waals surface area contributed by atoms with Crippen LogP contribution in [0.2, 0.25) is 0 Å². The van der Waals surface area contributed by atoms with Crippen molar-refractivity contribution in [3.05, 3.63) is 36.5 Å². The van der Waals surface area contributed by atoms with Gasteiger partial charge in [0.05, 0.1) is 31.1 Å². The van der Waals surface area contributed by atoms with Crippen LogP contribution in [0, 0.1) is 0 Å². The van der Waals surface area contributed by atoms with Crippen LogP contribution in [0.25, 0.3) is 11.3 Å². The lowest BCUT2D eigenvalue weighted by Gasteiger charge is -2.08. The molecule has 0 saturated heterocycles. The van der Waals surface area contributed by atoms with Gasteiger partial charge in [0.25, 0.3) is 0 Å². The first-order valence-electron chi connectivity index (χ1n) is 5.28. The number of carbonyl (C=O) groups is 1. The fourth-order valence-corrected chi connectivity index (χ4v) is 1.54. The highest BCUT2D eigenvalue weighted by atomic mass is 16.5. The van der Waals surface area contributed by atoms with Gasteiger partial charge >= 0.3 is 0 Å². The number of amides is 1. The monoisotopic (exact) mass is 244 g/mol. The summed E-state index contributed by atoms with van der Waals surface area (Å²) in [6, 6.07) is 1.76. The molecule has 0 radical (unpaired) electrons. The van der Waals surface area contributed by atoms with E-state index in [4.69, 9.17) is 10.5 Å². The van der Waals surface area contributed by atoms with Crippen molar-refractivity contribution in [2.45, 2.75) is 6.42 Å². The number of nitrogens with zero attached hydrogens (tertiary/aromatic N) is 3. The van der Waals surface area contributed by atoms with E-state index in [-0.39, 0.29) is 6.42 Å². The lowest BCUT2D eigenvalue weighted by molar-refractivity contribution is -0.117. The molecule has 18 heavy (non-hydrogen) atoms. The maximum absolute atomic E-state index is 10.9. The maximum Gasteiger partial charge on any atom is 0.223 e. The van der Waals surface area contributed by atoms with Crippen LogP contribution in [-0.2, 0) is 11.2 Å². The molecule has 0 aliphatic rings. The Kier molecular flexibility index (Phi) is 3.47. The second kappa shape index (κ2) is 5.22. The molecule has 0 bridgehead atoms. The minimum absolute atomic E-state index is 0.0456. The van der Waals surface area contributed by atoms with Crippen molar-refractivity contribution in [1.82, 2.24) is 15.0 Å². The van der Waals surface area contributed by atoms with Gasteiger partial charge in [-0.2, -0.15) is 0 Å². The fourth-order valence-electron chi connectivity index (χ4n) is 1.54. The molecular formula is C12H12N4O2. The molecule has 0 fully saturated rings. The van der Waals surface area contributed by atoms with Gasteiger partial charge in [-0.15, -0.1) is 0 Å². The van der Waals surface area contributed by atoms with Crippen molar-refractivity contribution >= 4 is 5.91 Å². The summed E-state index contributed by atoms with van der Waals surface area (Å²) >= 11 is 0. The largest absolute Gasteiger partial charge is 0.495 e. The maximum atomic E-state index is 10.9. The van der Waals surface area contributed by atoms with Gasteiger partial charge in [0.1, 0.15) is 5.75 Å². The van der Waals surface area contributed by atoms with Crippen LogP contribution in [0.15, 0.2) is 30.9 Å². The van der Waals surface area contributed by atoms with Gasteiger partial charge in [-0.05, 0) is 6.07 Å². The van der Waals surface area contributed by atoms with Crippen molar-refractivity contribution in [2.75, 3.05) is 7.11 Å². The number of carbonyl (C=O) groups excluding carboxylic acids is 1. The van der Waals surface area contributed by atoms with Crippen LogP contribution in [0.4, 0.5) is 0 Å². The molecule has 0 saturated carbocycles. The van der Waals surface area contributed by atoms with Gasteiger partial charge in [0, 0.05) is 24.2 Å². The van der Waals surface area contributed by atoms with E-state index in [2.05, 4.69) is 15.0 Å². The highest BCUT2D eigenvalue weighted by Gasteiger charge is 2.10. The van der Waals surface area contributed by atoms with E-state index in [1.165, 1.54) is 7.11 Å². The predicted molar refractivity (Wildman–Crippen MR) is 64.7 cm³/mol. The number of ether oxygens (including phenoxy) is 1. The van der Waals surface area contributed by atoms with Crippen molar-refractivity contribution in [3.63, 3.8) is 0 Å². The normalized spacial score (nSPS) is 10.1. The molecular weight excluding hydrogens is 232 g/mol. The molecule has 1 amide bonds. The smallest absolute Gasteiger partial charge is 0.223 e. The number of nitrogens with two attached hydrogens (primary N) is 1. The van der Waals surface area contributed by atoms with Crippen LogP contribution in [0.5, 0.6) is 5.75 Å². The van der Waals surface area contributed by atoms with Gasteiger partial charge in [-0.1, -0.05) is 0 Å². The third kappa shape index (κ3) is 2.60. The summed E-state index contributed by atoms with van der Waals surface area (Å²) in [5.74, 6) is 0.0602. The molecule has 0 unspecified atom stereocenters. The van der Waals surface area contributed by atoms with Crippen LogP contribution in [-0.4, -0.2) is 28.0 Å². The molecule has 2 heterocycles. The molecule has 2 aromatic heterocycles. The summed E-state index contributed by atoms with van der Waals surface area (Å²) in [6.45, 7) is 0. The standard InChI is InChI=1S/C12H12N4O2/c1-18-11-4-8(10-7-14-2-3-15-10)6-16-9(11)5-12(13)17/h2-4,6-7H,5H2,1H3,(H2,13,17). The Morgan fingerprint density at radius 3 is 2.78 bits per heavy atom. The summed E-state index contributed by atoms with van der Waals surface area (Å²) < 4.78 is 5.19. The summed E-state index contributed by atoms with van der Waals surface area (Å²) in [7, 11) is 1.52. The number of aromatic nitrogens is 3. The van der Waals surface area contributed by atoms with Crippen LogP contribution in [0.1, 0.15) is 5.69 Å². The lowest BCUT2D eigenvalue weighted by Crippen LogP contribution is -2.15. The second-order valence-electron chi connectivity index (χ2n) is 3.61. The fraction of sp³-hybridized carbons (Fsp3) is 0.167. The molecule has 2 rings (SSSR count). The molecule has 0 aliphatic heterocycles. The molecule has 0 spiro atoms. The topological polar surface area (TPSA) is 91.0 Å². The Labute approximate surface area is 104 Å². The first-order valence-corrected chi connectivity index (χ1v) is 5.28. The molecule has 2 aromatic rings. The van der Waals surface area contributed by atoms with Gasteiger partial charge < -0.3 is 10.5 Å². The van der Waals surface area contributed by atoms with E-state index in [9.17, 15) is 4.79 Å². The van der Waals surface area contributed by atoms with Crippen molar-refractivity contribution < 1.29 is 9.53 Å². The first-order chi connectivity index (χ1) is 8.70. The highest BCUT2D eigenvalue weighted by molar-refractivity contribution is 5.77. The average Bonchev–Trinajstić information content (AvgIpc) is 2.39. The Bertz CT molecular complexity index is 557. The molecule has 0 aliphatic carbocycles. The van der Waals surface area contributed by atoms with E-state index in [1.54, 1.807) is 30.9 Å². The number of rotatable bonds is 4. The summed E-state index contributed by atoms with van der Waals surface area (Å²) in [5.41, 5.74) is 7.11. The average molecular weight is 244 g/mol. The van der Waals surface area contributed by atoms with E-state index in [1.807, 2.05) is 0 Å². The zero-order valence-corrected chi connectivity index (χ0v) is 9.83. The molecule has 0 aromatic carbocycles. The van der Waals surface area contributed by atoms with Crippen LogP contribution < -0.4 is 10.5 Å². The van der Waals surface area contributed by atoms with Crippen LogP contribution in [0.3, 0.4) is 0 Å². The number of hydrogen-bond acceptors (Lipinski definition) is 5. The third-order valence-electron chi connectivity index (χ3n) is 2.35. The van der Waals surface area contributed by atoms with E-state index in [0.717, 1.165) is 5.56 Å². The van der Waals surface area contributed by atoms with Crippen LogP contribution >= 0.6 is 0 Å². The summed E-state index contributed by atoms with van der Waals surface area (Å²) in [5, 5.41) is 0. The highest BCUT2D eigenvalue weighted by Crippen LogP contribution is 2.23. The number of hydrogen-bond donors (Lipinski definition) is 1. The number of primary amides is 1. The van der Waals surface area contributed by atoms with Gasteiger partial charge in [-0.3, -0.25) is 19.7 Å². The minimum atomic E-state index is -0.451. The Hall–Kier alpha value is -2.50. The van der Waals surface area contributed by atoms with Gasteiger partial charge in [0.15, 0.2) is 0 Å². The number of methoxy groups -OCH3 is 1. The number of pyridine rings is 1. The molecule has 92 valence electrons. The quantitative estimate of drug-likeness (QED) is 0.849. The van der Waals surface area contributed by atoms with E-state index < -0.39 is 5.91 Å². The van der Waals surface area contributed by atoms with Crippen molar-refractivity contribution in [2.24, 2.45) is 5.73 Å². The van der Waals surface area contributed by atoms with E-state index >= 15 is 0 Å². The molecule has 2 N–H and O–H groups in total. The zero-order chi connectivity index (χ0) is 13.0. The van der Waals surface area contributed by atoms with Crippen molar-refractivity contribution in [1.29, 1.82) is 0 Å². The summed E-state index contributed by atoms with van der Waals surface area (Å²) in [6.07, 6.45) is 6.48. The lowest BCUT2D eigenvalue weighted by atomic mass is 10.1. The van der Waals surface area contributed by atoms with Gasteiger partial charge in [-0.25, -0.2) is 0 Å². The second-order valence-corrected chi connectivity index (χ2v) is 3.61. The summed E-state index contributed by atoms with van der Waals surface area (Å²) in [4.78, 5) is 23.2. The Balaban J connectivity index is 2.39. The van der Waals surface area contributed by atoms with Gasteiger partial charge in [0.2, 0.25) is 5.91 Å². The zero-order valence-electron chi connectivity index (χ0n) is 9.83. The molecule has 0 atom stereocenters. The predicted octanol–water partition coefficient (Wildman–Crippen LogP) is 0.575. The SMILES string of the molecule is COc1cc(-c2cnccn2)cnc1CC(N)=O.